The maximum atomic E-state index is 12.2. The summed E-state index contributed by atoms with van der Waals surface area (Å²) in [6.07, 6.45) is 1.82. The molecule has 1 saturated heterocycles. The van der Waals surface area contributed by atoms with Crippen LogP contribution in [0, 0.1) is 0 Å². The monoisotopic (exact) mass is 323 g/mol. The van der Waals surface area contributed by atoms with Gasteiger partial charge in [0.1, 0.15) is 5.75 Å². The van der Waals surface area contributed by atoms with E-state index in [0.29, 0.717) is 0 Å². The lowest BCUT2D eigenvalue weighted by molar-refractivity contribution is -0.0500. The fourth-order valence-electron chi connectivity index (χ4n) is 2.35. The molecule has 1 aliphatic heterocycles. The topological polar surface area (TPSA) is 55.4 Å². The molecule has 0 unspecified atom stereocenters. The minimum atomic E-state index is -5.61. The van der Waals surface area contributed by atoms with Crippen LogP contribution in [0.25, 0.3) is 0 Å². The van der Waals surface area contributed by atoms with Crippen LogP contribution in [0.1, 0.15) is 25.3 Å². The molecular formula is C13H16F3NO3S. The second-order valence-corrected chi connectivity index (χ2v) is 6.86. The molecule has 1 aromatic carbocycles. The standard InChI is InChI=1S/C13H16F3NO3S/c1-12(6-8-17-9-7-12)10-2-4-11(5-3-10)20-21(18,19)13(14,15)16/h2-5,17H,6-9H2,1H3. The summed E-state index contributed by atoms with van der Waals surface area (Å²) in [6, 6.07) is 5.75. The van der Waals surface area contributed by atoms with Crippen LogP contribution in [0.2, 0.25) is 0 Å². The van der Waals surface area contributed by atoms with E-state index in [1.807, 2.05) is 0 Å². The molecule has 0 radical (unpaired) electrons. The fourth-order valence-corrected chi connectivity index (χ4v) is 2.81. The summed E-state index contributed by atoms with van der Waals surface area (Å²) in [4.78, 5) is 0. The number of alkyl halides is 3. The van der Waals surface area contributed by atoms with Crippen LogP contribution in [0.5, 0.6) is 5.75 Å². The van der Waals surface area contributed by atoms with Crippen LogP contribution in [0.15, 0.2) is 24.3 Å². The molecule has 0 amide bonds. The highest BCUT2D eigenvalue weighted by Gasteiger charge is 2.48. The van der Waals surface area contributed by atoms with Crippen molar-refractivity contribution in [3.05, 3.63) is 29.8 Å². The van der Waals surface area contributed by atoms with Crippen LogP contribution >= 0.6 is 0 Å². The molecule has 1 N–H and O–H groups in total. The first-order valence-electron chi connectivity index (χ1n) is 6.46. The summed E-state index contributed by atoms with van der Waals surface area (Å²) in [6.45, 7) is 3.82. The van der Waals surface area contributed by atoms with Crippen molar-refractivity contribution in [3.63, 3.8) is 0 Å². The first-order chi connectivity index (χ1) is 9.64. The highest BCUT2D eigenvalue weighted by molar-refractivity contribution is 7.87. The predicted octanol–water partition coefficient (Wildman–Crippen LogP) is 2.56. The Labute approximate surface area is 121 Å². The van der Waals surface area contributed by atoms with E-state index >= 15 is 0 Å². The van der Waals surface area contributed by atoms with Gasteiger partial charge in [0.2, 0.25) is 0 Å². The van der Waals surface area contributed by atoms with Crippen LogP contribution in [0.3, 0.4) is 0 Å². The lowest BCUT2D eigenvalue weighted by Gasteiger charge is -2.34. The van der Waals surface area contributed by atoms with E-state index in [1.165, 1.54) is 12.1 Å². The Balaban J connectivity index is 2.16. The van der Waals surface area contributed by atoms with Gasteiger partial charge in [0.05, 0.1) is 0 Å². The molecule has 21 heavy (non-hydrogen) atoms. The molecule has 1 aliphatic rings. The zero-order chi connectivity index (χ0) is 15.7. The Morgan fingerprint density at radius 2 is 1.67 bits per heavy atom. The molecule has 0 saturated carbocycles. The van der Waals surface area contributed by atoms with Gasteiger partial charge in [-0.15, -0.1) is 0 Å². The van der Waals surface area contributed by atoms with E-state index in [1.54, 1.807) is 12.1 Å². The van der Waals surface area contributed by atoms with Gasteiger partial charge in [0.25, 0.3) is 0 Å². The van der Waals surface area contributed by atoms with Crippen LogP contribution in [-0.4, -0.2) is 27.0 Å². The van der Waals surface area contributed by atoms with Crippen molar-refractivity contribution < 1.29 is 25.8 Å². The number of nitrogens with one attached hydrogen (secondary N) is 1. The molecule has 0 atom stereocenters. The lowest BCUT2D eigenvalue weighted by atomic mass is 9.75. The Kier molecular flexibility index (Phi) is 4.21. The van der Waals surface area contributed by atoms with Gasteiger partial charge >= 0.3 is 15.6 Å². The molecule has 4 nitrogen and oxygen atoms in total. The molecule has 1 aromatic rings. The zero-order valence-electron chi connectivity index (χ0n) is 11.4. The minimum Gasteiger partial charge on any atom is -0.376 e. The zero-order valence-corrected chi connectivity index (χ0v) is 12.2. The van der Waals surface area contributed by atoms with Gasteiger partial charge in [-0.3, -0.25) is 0 Å². The quantitative estimate of drug-likeness (QED) is 0.686. The number of benzene rings is 1. The van der Waals surface area contributed by atoms with Crippen molar-refractivity contribution in [1.82, 2.24) is 5.32 Å². The SMILES string of the molecule is CC1(c2ccc(OS(=O)(=O)C(F)(F)F)cc2)CCNCC1. The Hall–Kier alpha value is -1.28. The van der Waals surface area contributed by atoms with Gasteiger partial charge in [-0.05, 0) is 49.0 Å². The normalized spacial score (nSPS) is 19.2. The first-order valence-corrected chi connectivity index (χ1v) is 7.87. The molecule has 1 heterocycles. The van der Waals surface area contributed by atoms with Crippen molar-refractivity contribution in [3.8, 4) is 5.75 Å². The van der Waals surface area contributed by atoms with E-state index in [9.17, 15) is 21.6 Å². The Morgan fingerprint density at radius 3 is 2.14 bits per heavy atom. The summed E-state index contributed by atoms with van der Waals surface area (Å²) >= 11 is 0. The molecule has 118 valence electrons. The molecule has 2 rings (SSSR count). The van der Waals surface area contributed by atoms with E-state index in [2.05, 4.69) is 16.4 Å². The van der Waals surface area contributed by atoms with Gasteiger partial charge in [-0.25, -0.2) is 0 Å². The number of piperidine rings is 1. The van der Waals surface area contributed by atoms with Gasteiger partial charge in [-0.1, -0.05) is 19.1 Å². The average Bonchev–Trinajstić information content (AvgIpc) is 2.38. The maximum Gasteiger partial charge on any atom is 0.534 e. The first kappa shape index (κ1) is 16.1. The van der Waals surface area contributed by atoms with Crippen LogP contribution < -0.4 is 9.50 Å². The summed E-state index contributed by atoms with van der Waals surface area (Å²) in [5, 5.41) is 3.24. The van der Waals surface area contributed by atoms with E-state index < -0.39 is 15.6 Å². The highest BCUT2D eigenvalue weighted by atomic mass is 32.2. The largest absolute Gasteiger partial charge is 0.534 e. The van der Waals surface area contributed by atoms with Gasteiger partial charge in [0, 0.05) is 0 Å². The Bertz CT molecular complexity index is 590. The van der Waals surface area contributed by atoms with Crippen molar-refractivity contribution in [2.45, 2.75) is 30.7 Å². The number of rotatable bonds is 3. The number of hydrogen-bond acceptors (Lipinski definition) is 4. The fraction of sp³-hybridized carbons (Fsp3) is 0.538. The highest BCUT2D eigenvalue weighted by Crippen LogP contribution is 2.34. The van der Waals surface area contributed by atoms with E-state index in [0.717, 1.165) is 31.5 Å². The van der Waals surface area contributed by atoms with Crippen molar-refractivity contribution >= 4 is 10.1 Å². The van der Waals surface area contributed by atoms with Crippen LogP contribution in [-0.2, 0) is 15.5 Å². The van der Waals surface area contributed by atoms with E-state index in [-0.39, 0.29) is 11.2 Å². The minimum absolute atomic E-state index is 0.0628. The third kappa shape index (κ3) is 3.49. The number of hydrogen-bond donors (Lipinski definition) is 1. The molecule has 0 aromatic heterocycles. The smallest absolute Gasteiger partial charge is 0.376 e. The third-order valence-electron chi connectivity index (χ3n) is 3.75. The number of halogens is 3. The van der Waals surface area contributed by atoms with E-state index in [4.69, 9.17) is 0 Å². The van der Waals surface area contributed by atoms with Crippen molar-refractivity contribution in [1.29, 1.82) is 0 Å². The molecular weight excluding hydrogens is 307 g/mol. The van der Waals surface area contributed by atoms with Crippen LogP contribution in [0.4, 0.5) is 13.2 Å². The second-order valence-electron chi connectivity index (χ2n) is 5.32. The predicted molar refractivity (Wildman–Crippen MR) is 71.5 cm³/mol. The second kappa shape index (κ2) is 5.49. The van der Waals surface area contributed by atoms with Crippen molar-refractivity contribution in [2.75, 3.05) is 13.1 Å². The Morgan fingerprint density at radius 1 is 1.14 bits per heavy atom. The summed E-state index contributed by atoms with van der Waals surface area (Å²) < 4.78 is 62.6. The van der Waals surface area contributed by atoms with Gasteiger partial charge < -0.3 is 9.50 Å². The third-order valence-corrected chi connectivity index (χ3v) is 4.73. The lowest BCUT2D eigenvalue weighted by Crippen LogP contribution is -2.37. The molecule has 1 fully saturated rings. The summed E-state index contributed by atoms with van der Waals surface area (Å²) in [7, 11) is -5.61. The van der Waals surface area contributed by atoms with Crippen molar-refractivity contribution in [2.24, 2.45) is 0 Å². The average molecular weight is 323 g/mol. The van der Waals surface area contributed by atoms with Gasteiger partial charge in [-0.2, -0.15) is 21.6 Å². The van der Waals surface area contributed by atoms with Gasteiger partial charge in [0.15, 0.2) is 0 Å². The summed E-state index contributed by atoms with van der Waals surface area (Å²) in [5.74, 6) is -0.339. The maximum absolute atomic E-state index is 12.2. The molecule has 0 bridgehead atoms. The summed E-state index contributed by atoms with van der Waals surface area (Å²) in [5.41, 5.74) is -4.53. The molecule has 8 heteroatoms. The molecule has 0 spiro atoms. The molecule has 0 aliphatic carbocycles.